The number of nitrogen functional groups attached to an aromatic ring is 1. The quantitative estimate of drug-likeness (QED) is 0.497. The highest BCUT2D eigenvalue weighted by Gasteiger charge is 1.94. The summed E-state index contributed by atoms with van der Waals surface area (Å²) in [7, 11) is 0. The second kappa shape index (κ2) is 1.80. The molecule has 0 saturated heterocycles. The van der Waals surface area contributed by atoms with Crippen molar-refractivity contribution in [1.82, 2.24) is 4.98 Å². The van der Waals surface area contributed by atoms with E-state index >= 15 is 0 Å². The van der Waals surface area contributed by atoms with Gasteiger partial charge in [0.25, 0.3) is 0 Å². The molecule has 0 aromatic carbocycles. The van der Waals surface area contributed by atoms with E-state index in [1.165, 1.54) is 0 Å². The second-order valence-corrected chi connectivity index (χ2v) is 2.19. The van der Waals surface area contributed by atoms with Gasteiger partial charge < -0.3 is 5.73 Å². The van der Waals surface area contributed by atoms with E-state index in [1.54, 1.807) is 6.07 Å². The van der Waals surface area contributed by atoms with Crippen LogP contribution in [0, 0.1) is 0 Å². The zero-order valence-electron chi connectivity index (χ0n) is 5.41. The maximum Gasteiger partial charge on any atom is 0.157 e. The number of hydrogen-bond acceptors (Lipinski definition) is 3. The van der Waals surface area contributed by atoms with Crippen LogP contribution in [0.2, 0.25) is 0 Å². The van der Waals surface area contributed by atoms with Crippen molar-refractivity contribution in [2.24, 2.45) is 4.99 Å². The topological polar surface area (TPSA) is 51.3 Å². The molecule has 3 nitrogen and oxygen atoms in total. The van der Waals surface area contributed by atoms with Crippen LogP contribution in [0.4, 0.5) is 5.82 Å². The number of fused-ring (bicyclic) bond motifs is 1. The zero-order chi connectivity index (χ0) is 6.97. The van der Waals surface area contributed by atoms with E-state index < -0.39 is 0 Å². The lowest BCUT2D eigenvalue weighted by molar-refractivity contribution is 1.10. The van der Waals surface area contributed by atoms with Crippen LogP contribution in [0.1, 0.15) is 0 Å². The third kappa shape index (κ3) is 0.673. The lowest BCUT2D eigenvalue weighted by Crippen LogP contribution is -2.25. The standard InChI is InChI=1S/C7H7N3/c8-6-2-1-5-3-4-9-7(5)10-6/h1-3H,4H2,(H2,8,9,10). The Morgan fingerprint density at radius 3 is 3.20 bits per heavy atom. The van der Waals surface area contributed by atoms with Crippen LogP contribution >= 0.6 is 0 Å². The second-order valence-electron chi connectivity index (χ2n) is 2.19. The number of hydrogen-bond donors (Lipinski definition) is 1. The highest BCUT2D eigenvalue weighted by Crippen LogP contribution is 1.86. The summed E-state index contributed by atoms with van der Waals surface area (Å²) in [6.07, 6.45) is 2.03. The van der Waals surface area contributed by atoms with Crippen LogP contribution < -0.4 is 16.4 Å². The number of nitrogens with two attached hydrogens (primary N) is 1. The van der Waals surface area contributed by atoms with E-state index in [0.29, 0.717) is 5.82 Å². The fourth-order valence-corrected chi connectivity index (χ4v) is 0.990. The molecule has 1 aromatic rings. The summed E-state index contributed by atoms with van der Waals surface area (Å²) < 4.78 is 0. The average molecular weight is 133 g/mol. The van der Waals surface area contributed by atoms with Crippen LogP contribution in [-0.2, 0) is 0 Å². The van der Waals surface area contributed by atoms with Crippen molar-refractivity contribution in [1.29, 1.82) is 0 Å². The van der Waals surface area contributed by atoms with Crippen molar-refractivity contribution < 1.29 is 0 Å². The molecule has 0 radical (unpaired) electrons. The summed E-state index contributed by atoms with van der Waals surface area (Å²) in [6, 6.07) is 3.73. The molecule has 1 aliphatic rings. The van der Waals surface area contributed by atoms with Gasteiger partial charge in [0.2, 0.25) is 0 Å². The van der Waals surface area contributed by atoms with Gasteiger partial charge in [-0.1, -0.05) is 6.08 Å². The molecule has 50 valence electrons. The molecule has 0 spiro atoms. The highest BCUT2D eigenvalue weighted by molar-refractivity contribution is 5.33. The monoisotopic (exact) mass is 133 g/mol. The molecule has 0 aliphatic carbocycles. The van der Waals surface area contributed by atoms with E-state index in [1.807, 2.05) is 12.1 Å². The Kier molecular flexibility index (Phi) is 0.974. The summed E-state index contributed by atoms with van der Waals surface area (Å²) in [5.41, 5.74) is 6.22. The van der Waals surface area contributed by atoms with Crippen molar-refractivity contribution >= 4 is 11.9 Å². The van der Waals surface area contributed by atoms with Gasteiger partial charge in [0.1, 0.15) is 5.82 Å². The summed E-state index contributed by atoms with van der Waals surface area (Å²) in [5.74, 6) is 0.540. The maximum atomic E-state index is 5.45. The fraction of sp³-hybridized carbons (Fsp3) is 0.143. The van der Waals surface area contributed by atoms with E-state index in [4.69, 9.17) is 5.73 Å². The molecule has 0 amide bonds. The number of rotatable bonds is 0. The number of nitrogens with zero attached hydrogens (tertiary/aromatic N) is 2. The van der Waals surface area contributed by atoms with Gasteiger partial charge in [-0.3, -0.25) is 4.99 Å². The molecule has 0 bridgehead atoms. The molecule has 3 heteroatoms. The maximum absolute atomic E-state index is 5.45. The molecule has 0 fully saturated rings. The molecule has 2 N–H and O–H groups in total. The molecule has 2 heterocycles. The van der Waals surface area contributed by atoms with Crippen molar-refractivity contribution in [3.8, 4) is 0 Å². The summed E-state index contributed by atoms with van der Waals surface area (Å²) in [6.45, 7) is 0.742. The molecular weight excluding hydrogens is 126 g/mol. The van der Waals surface area contributed by atoms with Crippen molar-refractivity contribution in [2.45, 2.75) is 0 Å². The van der Waals surface area contributed by atoms with E-state index in [9.17, 15) is 0 Å². The van der Waals surface area contributed by atoms with Gasteiger partial charge >= 0.3 is 0 Å². The Morgan fingerprint density at radius 2 is 2.30 bits per heavy atom. The molecule has 1 aromatic heterocycles. The number of pyridine rings is 1. The van der Waals surface area contributed by atoms with Crippen molar-refractivity contribution in [3.63, 3.8) is 0 Å². The van der Waals surface area contributed by atoms with Crippen LogP contribution in [0.15, 0.2) is 17.1 Å². The third-order valence-corrected chi connectivity index (χ3v) is 1.48. The summed E-state index contributed by atoms with van der Waals surface area (Å²) >= 11 is 0. The molecule has 1 aliphatic heterocycles. The minimum Gasteiger partial charge on any atom is -0.384 e. The first kappa shape index (κ1) is 5.41. The Hall–Kier alpha value is -1.38. The minimum absolute atomic E-state index is 0.540. The highest BCUT2D eigenvalue weighted by atomic mass is 14.9. The SMILES string of the molecule is Nc1ccc2c(n1)=NCC=2. The first-order chi connectivity index (χ1) is 4.86. The predicted molar refractivity (Wildman–Crippen MR) is 38.8 cm³/mol. The van der Waals surface area contributed by atoms with Gasteiger partial charge in [0.15, 0.2) is 5.49 Å². The zero-order valence-corrected chi connectivity index (χ0v) is 5.41. The average Bonchev–Trinajstić information content (AvgIpc) is 2.33. The fourth-order valence-electron chi connectivity index (χ4n) is 0.990. The van der Waals surface area contributed by atoms with Crippen LogP contribution in [0.5, 0.6) is 0 Å². The molecule has 0 atom stereocenters. The first-order valence-corrected chi connectivity index (χ1v) is 3.13. The lowest BCUT2D eigenvalue weighted by Gasteiger charge is -1.86. The Morgan fingerprint density at radius 1 is 1.40 bits per heavy atom. The number of aromatic nitrogens is 1. The molecule has 10 heavy (non-hydrogen) atoms. The van der Waals surface area contributed by atoms with Gasteiger partial charge in [0.05, 0.1) is 6.54 Å². The number of anilines is 1. The third-order valence-electron chi connectivity index (χ3n) is 1.48. The van der Waals surface area contributed by atoms with Crippen molar-refractivity contribution in [2.75, 3.05) is 12.3 Å². The van der Waals surface area contributed by atoms with Crippen LogP contribution in [0.3, 0.4) is 0 Å². The van der Waals surface area contributed by atoms with Gasteiger partial charge in [-0.05, 0) is 12.1 Å². The Bertz CT molecular complexity index is 367. The lowest BCUT2D eigenvalue weighted by atomic mass is 10.4. The first-order valence-electron chi connectivity index (χ1n) is 3.13. The van der Waals surface area contributed by atoms with Crippen LogP contribution in [0.25, 0.3) is 6.08 Å². The molecule has 0 unspecified atom stereocenters. The minimum atomic E-state index is 0.540. The Labute approximate surface area is 57.9 Å². The summed E-state index contributed by atoms with van der Waals surface area (Å²) in [5, 5.41) is 1.09. The summed E-state index contributed by atoms with van der Waals surface area (Å²) in [4.78, 5) is 8.15. The van der Waals surface area contributed by atoms with Gasteiger partial charge in [0, 0.05) is 5.22 Å². The Balaban J connectivity index is 2.88. The predicted octanol–water partition coefficient (Wildman–Crippen LogP) is -0.922. The van der Waals surface area contributed by atoms with Gasteiger partial charge in [-0.2, -0.15) is 0 Å². The molecule has 2 rings (SSSR count). The normalized spacial score (nSPS) is 13.6. The molecular formula is C7H7N3. The van der Waals surface area contributed by atoms with E-state index in [0.717, 1.165) is 17.3 Å². The van der Waals surface area contributed by atoms with Crippen LogP contribution in [-0.4, -0.2) is 11.5 Å². The smallest absolute Gasteiger partial charge is 0.157 e. The largest absolute Gasteiger partial charge is 0.384 e. The molecule has 0 saturated carbocycles. The van der Waals surface area contributed by atoms with Crippen molar-refractivity contribution in [3.05, 3.63) is 22.8 Å². The van der Waals surface area contributed by atoms with Gasteiger partial charge in [-0.25, -0.2) is 4.98 Å². The van der Waals surface area contributed by atoms with E-state index in [2.05, 4.69) is 9.98 Å². The van der Waals surface area contributed by atoms with Gasteiger partial charge in [-0.15, -0.1) is 0 Å². The van der Waals surface area contributed by atoms with E-state index in [-0.39, 0.29) is 0 Å².